The first-order valence-corrected chi connectivity index (χ1v) is 6.62. The normalized spacial score (nSPS) is 25.4. The molecule has 1 saturated carbocycles. The van der Waals surface area contributed by atoms with Crippen molar-refractivity contribution in [2.24, 2.45) is 11.7 Å². The molecule has 3 heteroatoms. The fourth-order valence-corrected chi connectivity index (χ4v) is 2.74. The number of hydrogen-bond acceptors (Lipinski definition) is 3. The van der Waals surface area contributed by atoms with E-state index in [1.807, 2.05) is 6.92 Å². The van der Waals surface area contributed by atoms with Crippen molar-refractivity contribution in [2.45, 2.75) is 45.2 Å². The van der Waals surface area contributed by atoms with E-state index in [-0.39, 0.29) is 0 Å². The minimum Gasteiger partial charge on any atom is -0.469 e. The van der Waals surface area contributed by atoms with E-state index in [9.17, 15) is 0 Å². The van der Waals surface area contributed by atoms with Crippen LogP contribution in [0, 0.1) is 12.8 Å². The molecule has 1 aromatic heterocycles. The van der Waals surface area contributed by atoms with Crippen LogP contribution < -0.4 is 5.73 Å². The Morgan fingerprint density at radius 2 is 2.06 bits per heavy atom. The molecule has 1 heterocycles. The maximum Gasteiger partial charge on any atom is 0.105 e. The van der Waals surface area contributed by atoms with Crippen molar-refractivity contribution in [3.05, 3.63) is 23.7 Å². The molecule has 3 nitrogen and oxygen atoms in total. The Labute approximate surface area is 104 Å². The molecule has 96 valence electrons. The molecule has 1 aliphatic carbocycles. The van der Waals surface area contributed by atoms with Gasteiger partial charge in [0, 0.05) is 24.7 Å². The highest BCUT2D eigenvalue weighted by atomic mass is 16.3. The van der Waals surface area contributed by atoms with Crippen molar-refractivity contribution in [1.82, 2.24) is 4.90 Å². The predicted octanol–water partition coefficient (Wildman–Crippen LogP) is 2.54. The van der Waals surface area contributed by atoms with E-state index >= 15 is 0 Å². The van der Waals surface area contributed by atoms with Crippen LogP contribution in [0.25, 0.3) is 0 Å². The average molecular weight is 236 g/mol. The molecule has 2 N–H and O–H groups in total. The van der Waals surface area contributed by atoms with Gasteiger partial charge in [0.15, 0.2) is 0 Å². The molecule has 1 aliphatic rings. The predicted molar refractivity (Wildman–Crippen MR) is 69.7 cm³/mol. The highest BCUT2D eigenvalue weighted by Gasteiger charge is 2.20. The molecule has 0 unspecified atom stereocenters. The summed E-state index contributed by atoms with van der Waals surface area (Å²) in [4.78, 5) is 2.40. The second-order valence-electron chi connectivity index (χ2n) is 5.48. The number of nitrogens with two attached hydrogens (primary N) is 1. The third-order valence-corrected chi connectivity index (χ3v) is 3.87. The van der Waals surface area contributed by atoms with Gasteiger partial charge in [-0.3, -0.25) is 0 Å². The average Bonchev–Trinajstić information content (AvgIpc) is 2.68. The highest BCUT2D eigenvalue weighted by molar-refractivity contribution is 5.14. The van der Waals surface area contributed by atoms with E-state index in [0.29, 0.717) is 6.04 Å². The van der Waals surface area contributed by atoms with Crippen molar-refractivity contribution >= 4 is 0 Å². The molecule has 1 aromatic rings. The summed E-state index contributed by atoms with van der Waals surface area (Å²) in [6.07, 6.45) is 6.75. The molecule has 0 aromatic carbocycles. The van der Waals surface area contributed by atoms with Crippen LogP contribution >= 0.6 is 0 Å². The summed E-state index contributed by atoms with van der Waals surface area (Å²) >= 11 is 0. The summed E-state index contributed by atoms with van der Waals surface area (Å²) in [5.41, 5.74) is 7.24. The summed E-state index contributed by atoms with van der Waals surface area (Å²) in [5.74, 6) is 1.87. The van der Waals surface area contributed by atoms with Crippen LogP contribution in [0.4, 0.5) is 0 Å². The third-order valence-electron chi connectivity index (χ3n) is 3.87. The number of nitrogens with zero attached hydrogens (tertiary/aromatic N) is 1. The van der Waals surface area contributed by atoms with E-state index in [2.05, 4.69) is 18.0 Å². The Hall–Kier alpha value is -0.800. The Morgan fingerprint density at radius 3 is 2.65 bits per heavy atom. The highest BCUT2D eigenvalue weighted by Crippen LogP contribution is 2.24. The fraction of sp³-hybridized carbons (Fsp3) is 0.714. The van der Waals surface area contributed by atoms with Crippen LogP contribution in [-0.2, 0) is 6.54 Å². The topological polar surface area (TPSA) is 42.4 Å². The summed E-state index contributed by atoms with van der Waals surface area (Å²) in [7, 11) is 2.20. The lowest BCUT2D eigenvalue weighted by atomic mass is 9.86. The van der Waals surface area contributed by atoms with Gasteiger partial charge >= 0.3 is 0 Å². The van der Waals surface area contributed by atoms with Crippen LogP contribution in [0.5, 0.6) is 0 Å². The van der Waals surface area contributed by atoms with Gasteiger partial charge in [-0.25, -0.2) is 0 Å². The minimum atomic E-state index is 0.452. The second-order valence-corrected chi connectivity index (χ2v) is 5.48. The Morgan fingerprint density at radius 1 is 1.35 bits per heavy atom. The first-order chi connectivity index (χ1) is 8.15. The van der Waals surface area contributed by atoms with Crippen LogP contribution in [0.1, 0.15) is 37.0 Å². The summed E-state index contributed by atoms with van der Waals surface area (Å²) in [5, 5.41) is 0. The van der Waals surface area contributed by atoms with Crippen molar-refractivity contribution in [3.8, 4) is 0 Å². The molecule has 0 bridgehead atoms. The molecule has 0 spiro atoms. The standard InChI is InChI=1S/C14H24N2O/c1-11-13(7-8-17-11)10-16(2)9-12-3-5-14(15)6-4-12/h7-8,12,14H,3-6,9-10,15H2,1-2H3. The molecule has 0 radical (unpaired) electrons. The number of hydrogen-bond donors (Lipinski definition) is 1. The largest absolute Gasteiger partial charge is 0.469 e. The van der Waals surface area contributed by atoms with Gasteiger partial charge in [-0.15, -0.1) is 0 Å². The molecule has 0 atom stereocenters. The van der Waals surface area contributed by atoms with Gasteiger partial charge in [0.05, 0.1) is 6.26 Å². The van der Waals surface area contributed by atoms with E-state index < -0.39 is 0 Å². The monoisotopic (exact) mass is 236 g/mol. The van der Waals surface area contributed by atoms with Gasteiger partial charge in [-0.05, 0) is 51.6 Å². The van der Waals surface area contributed by atoms with Crippen LogP contribution in [0.3, 0.4) is 0 Å². The maximum absolute atomic E-state index is 5.93. The second kappa shape index (κ2) is 5.69. The van der Waals surface area contributed by atoms with Crippen molar-refractivity contribution in [3.63, 3.8) is 0 Å². The molecule has 0 aliphatic heterocycles. The van der Waals surface area contributed by atoms with Gasteiger partial charge in [0.25, 0.3) is 0 Å². The summed E-state index contributed by atoms with van der Waals surface area (Å²) in [6, 6.07) is 2.52. The van der Waals surface area contributed by atoms with Gasteiger partial charge < -0.3 is 15.1 Å². The van der Waals surface area contributed by atoms with Gasteiger partial charge in [-0.2, -0.15) is 0 Å². The Kier molecular flexibility index (Phi) is 4.24. The van der Waals surface area contributed by atoms with Crippen LogP contribution in [0.2, 0.25) is 0 Å². The number of furan rings is 1. The van der Waals surface area contributed by atoms with Gasteiger partial charge in [0.1, 0.15) is 5.76 Å². The first kappa shape index (κ1) is 12.7. The Bertz CT molecular complexity index is 340. The third kappa shape index (κ3) is 3.58. The lowest BCUT2D eigenvalue weighted by molar-refractivity contribution is 0.218. The quantitative estimate of drug-likeness (QED) is 0.873. The van der Waals surface area contributed by atoms with E-state index in [1.165, 1.54) is 37.8 Å². The number of rotatable bonds is 4. The molecular weight excluding hydrogens is 212 g/mol. The molecule has 2 rings (SSSR count). The van der Waals surface area contributed by atoms with Crippen LogP contribution in [0.15, 0.2) is 16.7 Å². The smallest absolute Gasteiger partial charge is 0.105 e. The zero-order valence-electron chi connectivity index (χ0n) is 11.0. The lowest BCUT2D eigenvalue weighted by Gasteiger charge is -2.29. The Balaban J connectivity index is 1.77. The van der Waals surface area contributed by atoms with E-state index in [4.69, 9.17) is 10.2 Å². The van der Waals surface area contributed by atoms with Gasteiger partial charge in [0.2, 0.25) is 0 Å². The number of aryl methyl sites for hydroxylation is 1. The van der Waals surface area contributed by atoms with Crippen LogP contribution in [-0.4, -0.2) is 24.5 Å². The SMILES string of the molecule is Cc1occc1CN(C)CC1CCC(N)CC1. The zero-order valence-corrected chi connectivity index (χ0v) is 11.0. The molecule has 1 fully saturated rings. The fourth-order valence-electron chi connectivity index (χ4n) is 2.74. The van der Waals surface area contributed by atoms with Crippen molar-refractivity contribution in [1.29, 1.82) is 0 Å². The molecular formula is C14H24N2O. The minimum absolute atomic E-state index is 0.452. The summed E-state index contributed by atoms with van der Waals surface area (Å²) in [6.45, 7) is 4.20. The summed E-state index contributed by atoms with van der Waals surface area (Å²) < 4.78 is 5.33. The van der Waals surface area contributed by atoms with Gasteiger partial charge in [-0.1, -0.05) is 0 Å². The molecule has 17 heavy (non-hydrogen) atoms. The lowest BCUT2D eigenvalue weighted by Crippen LogP contribution is -2.32. The zero-order chi connectivity index (χ0) is 12.3. The van der Waals surface area contributed by atoms with Crippen molar-refractivity contribution in [2.75, 3.05) is 13.6 Å². The van der Waals surface area contributed by atoms with E-state index in [1.54, 1.807) is 6.26 Å². The maximum atomic E-state index is 5.93. The van der Waals surface area contributed by atoms with Crippen molar-refractivity contribution < 1.29 is 4.42 Å². The molecule has 0 saturated heterocycles. The van der Waals surface area contributed by atoms with E-state index in [0.717, 1.165) is 18.2 Å². The first-order valence-electron chi connectivity index (χ1n) is 6.62. The molecule has 0 amide bonds.